The molecule has 2 heterocycles. The van der Waals surface area contributed by atoms with E-state index < -0.39 is 10.0 Å². The molecule has 2 aromatic carbocycles. The van der Waals surface area contributed by atoms with E-state index in [9.17, 15) is 8.42 Å². The van der Waals surface area contributed by atoms with Gasteiger partial charge in [-0.05, 0) is 50.1 Å². The van der Waals surface area contributed by atoms with Crippen molar-refractivity contribution in [3.63, 3.8) is 0 Å². The summed E-state index contributed by atoms with van der Waals surface area (Å²) in [6.45, 7) is 7.07. The highest BCUT2D eigenvalue weighted by molar-refractivity contribution is 7.98. The zero-order valence-corrected chi connectivity index (χ0v) is 21.1. The molecule has 33 heavy (non-hydrogen) atoms. The van der Waals surface area contributed by atoms with E-state index >= 15 is 0 Å². The minimum absolute atomic E-state index is 0.245. The molecule has 0 radical (unpaired) electrons. The summed E-state index contributed by atoms with van der Waals surface area (Å²) in [7, 11) is -0.456. The molecule has 0 fully saturated rings. The molecular formula is C23H28N6O2S2. The van der Waals surface area contributed by atoms with E-state index in [1.165, 1.54) is 24.0 Å². The van der Waals surface area contributed by atoms with Gasteiger partial charge in [0.25, 0.3) is 0 Å². The predicted molar refractivity (Wildman–Crippen MR) is 131 cm³/mol. The van der Waals surface area contributed by atoms with Gasteiger partial charge in [-0.1, -0.05) is 36.4 Å². The van der Waals surface area contributed by atoms with E-state index in [0.717, 1.165) is 40.7 Å². The first kappa shape index (κ1) is 23.5. The standard InChI is InChI=1S/C23H28N6O2S2/c1-6-11-28-21-10-8-18(33(30,31)27(4)5)13-19(21)25-22(28)14-32-23-26-24-15-29(23)20-9-7-16(2)12-17(20)3/h7-10,12-13,15H,6,11,14H2,1-5H3. The molecule has 0 aliphatic heterocycles. The Hall–Kier alpha value is -2.69. The zero-order valence-electron chi connectivity index (χ0n) is 19.5. The van der Waals surface area contributed by atoms with E-state index in [2.05, 4.69) is 53.7 Å². The molecule has 174 valence electrons. The van der Waals surface area contributed by atoms with Gasteiger partial charge >= 0.3 is 0 Å². The van der Waals surface area contributed by atoms with E-state index in [0.29, 0.717) is 11.3 Å². The Kier molecular flexibility index (Phi) is 6.60. The number of aryl methyl sites for hydroxylation is 3. The van der Waals surface area contributed by atoms with E-state index in [1.807, 2.05) is 10.6 Å². The Morgan fingerprint density at radius 2 is 1.88 bits per heavy atom. The molecule has 8 nitrogen and oxygen atoms in total. The molecule has 4 aromatic rings. The number of fused-ring (bicyclic) bond motifs is 1. The van der Waals surface area contributed by atoms with Crippen LogP contribution in [0.4, 0.5) is 0 Å². The number of imidazole rings is 1. The summed E-state index contributed by atoms with van der Waals surface area (Å²) in [5.74, 6) is 1.47. The number of thioether (sulfide) groups is 1. The predicted octanol–water partition coefficient (Wildman–Crippen LogP) is 4.19. The van der Waals surface area contributed by atoms with Crippen LogP contribution in [0.5, 0.6) is 0 Å². The molecule has 0 atom stereocenters. The second-order valence-electron chi connectivity index (χ2n) is 8.18. The van der Waals surface area contributed by atoms with Gasteiger partial charge in [-0.3, -0.25) is 4.57 Å². The first-order valence-electron chi connectivity index (χ1n) is 10.7. The van der Waals surface area contributed by atoms with Crippen LogP contribution < -0.4 is 0 Å². The van der Waals surface area contributed by atoms with Gasteiger partial charge < -0.3 is 4.57 Å². The topological polar surface area (TPSA) is 85.9 Å². The maximum atomic E-state index is 12.6. The van der Waals surface area contributed by atoms with Crippen molar-refractivity contribution in [2.75, 3.05) is 14.1 Å². The summed E-state index contributed by atoms with van der Waals surface area (Å²) in [6.07, 6.45) is 2.67. The van der Waals surface area contributed by atoms with E-state index in [-0.39, 0.29) is 4.90 Å². The first-order chi connectivity index (χ1) is 15.7. The Balaban J connectivity index is 1.67. The smallest absolute Gasteiger partial charge is 0.242 e. The fraction of sp³-hybridized carbons (Fsp3) is 0.348. The van der Waals surface area contributed by atoms with Gasteiger partial charge in [-0.15, -0.1) is 10.2 Å². The number of nitrogens with zero attached hydrogens (tertiary/aromatic N) is 6. The average Bonchev–Trinajstić information content (AvgIpc) is 3.36. The summed E-state index contributed by atoms with van der Waals surface area (Å²) < 4.78 is 30.5. The van der Waals surface area contributed by atoms with Gasteiger partial charge in [0, 0.05) is 20.6 Å². The minimum atomic E-state index is -3.52. The summed E-state index contributed by atoms with van der Waals surface area (Å²) in [4.78, 5) is 5.04. The molecule has 0 bridgehead atoms. The first-order valence-corrected chi connectivity index (χ1v) is 13.2. The van der Waals surface area contributed by atoms with Crippen molar-refractivity contribution in [2.45, 2.75) is 49.5 Å². The van der Waals surface area contributed by atoms with Gasteiger partial charge in [0.2, 0.25) is 10.0 Å². The highest BCUT2D eigenvalue weighted by Gasteiger charge is 2.20. The summed E-state index contributed by atoms with van der Waals surface area (Å²) >= 11 is 1.56. The second-order valence-corrected chi connectivity index (χ2v) is 11.3. The lowest BCUT2D eigenvalue weighted by Crippen LogP contribution is -2.22. The van der Waals surface area contributed by atoms with Crippen molar-refractivity contribution >= 4 is 32.8 Å². The summed E-state index contributed by atoms with van der Waals surface area (Å²) in [6, 6.07) is 11.5. The van der Waals surface area contributed by atoms with Crippen LogP contribution in [0, 0.1) is 13.8 Å². The van der Waals surface area contributed by atoms with Gasteiger partial charge in [-0.2, -0.15) is 0 Å². The van der Waals surface area contributed by atoms with Crippen LogP contribution in [-0.4, -0.2) is 51.1 Å². The van der Waals surface area contributed by atoms with Crippen molar-refractivity contribution in [3.8, 4) is 5.69 Å². The van der Waals surface area contributed by atoms with Crippen LogP contribution in [0.3, 0.4) is 0 Å². The quantitative estimate of drug-likeness (QED) is 0.349. The largest absolute Gasteiger partial charge is 0.327 e. The van der Waals surface area contributed by atoms with Crippen molar-refractivity contribution in [1.82, 2.24) is 28.6 Å². The van der Waals surface area contributed by atoms with Gasteiger partial charge in [0.05, 0.1) is 27.4 Å². The van der Waals surface area contributed by atoms with Crippen molar-refractivity contribution in [3.05, 3.63) is 59.7 Å². The van der Waals surface area contributed by atoms with Crippen LogP contribution in [-0.2, 0) is 22.3 Å². The highest BCUT2D eigenvalue weighted by atomic mass is 32.2. The normalized spacial score (nSPS) is 12.2. The van der Waals surface area contributed by atoms with Crippen LogP contribution in [0.25, 0.3) is 16.7 Å². The molecule has 0 aliphatic carbocycles. The van der Waals surface area contributed by atoms with Crippen molar-refractivity contribution in [1.29, 1.82) is 0 Å². The fourth-order valence-electron chi connectivity index (χ4n) is 3.81. The number of hydrogen-bond acceptors (Lipinski definition) is 6. The van der Waals surface area contributed by atoms with Crippen LogP contribution in [0.15, 0.2) is 52.8 Å². The van der Waals surface area contributed by atoms with Crippen LogP contribution in [0.2, 0.25) is 0 Å². The Labute approximate surface area is 198 Å². The molecular weight excluding hydrogens is 456 g/mol. The molecule has 4 rings (SSSR count). The van der Waals surface area contributed by atoms with Gasteiger partial charge in [0.1, 0.15) is 12.2 Å². The number of aromatic nitrogens is 5. The third-order valence-corrected chi connectivity index (χ3v) is 8.23. The number of benzene rings is 2. The molecule has 2 aromatic heterocycles. The highest BCUT2D eigenvalue weighted by Crippen LogP contribution is 2.28. The van der Waals surface area contributed by atoms with Gasteiger partial charge in [0.15, 0.2) is 5.16 Å². The van der Waals surface area contributed by atoms with Crippen LogP contribution >= 0.6 is 11.8 Å². The lowest BCUT2D eigenvalue weighted by molar-refractivity contribution is 0.521. The number of rotatable bonds is 8. The third kappa shape index (κ3) is 4.55. The maximum Gasteiger partial charge on any atom is 0.242 e. The number of sulfonamides is 1. The Morgan fingerprint density at radius 1 is 1.09 bits per heavy atom. The molecule has 0 N–H and O–H groups in total. The Morgan fingerprint density at radius 3 is 2.58 bits per heavy atom. The minimum Gasteiger partial charge on any atom is -0.327 e. The summed E-state index contributed by atoms with van der Waals surface area (Å²) in [5.41, 5.74) is 5.03. The monoisotopic (exact) mass is 484 g/mol. The maximum absolute atomic E-state index is 12.6. The zero-order chi connectivity index (χ0) is 23.8. The lowest BCUT2D eigenvalue weighted by atomic mass is 10.1. The molecule has 0 saturated carbocycles. The fourth-order valence-corrected chi connectivity index (χ4v) is 5.60. The average molecular weight is 485 g/mol. The molecule has 0 saturated heterocycles. The molecule has 0 aliphatic rings. The SMILES string of the molecule is CCCn1c(CSc2nncn2-c2ccc(C)cc2C)nc2cc(S(=O)(=O)N(C)C)ccc21. The van der Waals surface area contributed by atoms with E-state index in [1.54, 1.807) is 30.2 Å². The Bertz CT molecular complexity index is 1410. The van der Waals surface area contributed by atoms with Crippen molar-refractivity contribution in [2.24, 2.45) is 0 Å². The lowest BCUT2D eigenvalue weighted by Gasteiger charge is -2.12. The molecule has 0 unspecified atom stereocenters. The molecule has 0 amide bonds. The second kappa shape index (κ2) is 9.28. The molecule has 10 heteroatoms. The number of hydrogen-bond donors (Lipinski definition) is 0. The third-order valence-electron chi connectivity index (χ3n) is 5.48. The van der Waals surface area contributed by atoms with E-state index in [4.69, 9.17) is 4.98 Å². The molecule has 0 spiro atoms. The summed E-state index contributed by atoms with van der Waals surface area (Å²) in [5, 5.41) is 9.23. The van der Waals surface area contributed by atoms with Gasteiger partial charge in [-0.25, -0.2) is 17.7 Å². The van der Waals surface area contributed by atoms with Crippen molar-refractivity contribution < 1.29 is 8.42 Å². The van der Waals surface area contributed by atoms with Crippen LogP contribution in [0.1, 0.15) is 30.3 Å².